The third-order valence-electron chi connectivity index (χ3n) is 5.01. The van der Waals surface area contributed by atoms with Gasteiger partial charge in [-0.3, -0.25) is 4.72 Å². The van der Waals surface area contributed by atoms with E-state index >= 15 is 0 Å². The van der Waals surface area contributed by atoms with Crippen molar-refractivity contribution in [2.45, 2.75) is 11.8 Å². The normalized spacial score (nSPS) is 10.9. The van der Waals surface area contributed by atoms with Gasteiger partial charge in [-0.1, -0.05) is 35.3 Å². The molecular formula is C24H19Cl2N9OS. The number of hydrogen-bond donors (Lipinski definition) is 4. The lowest BCUT2D eigenvalue weighted by atomic mass is 10.3. The number of halogens is 2. The molecule has 0 saturated heterocycles. The minimum atomic E-state index is -0.397. The Morgan fingerprint density at radius 1 is 0.919 bits per heavy atom. The Bertz CT molecular complexity index is 1570. The number of nitrogen functional groups attached to an aromatic ring is 1. The number of fused-ring (bicyclic) bond motifs is 1. The van der Waals surface area contributed by atoms with Crippen LogP contribution in [0.2, 0.25) is 10.0 Å². The number of hydrogen-bond acceptors (Lipinski definition) is 8. The lowest BCUT2D eigenvalue weighted by molar-refractivity contribution is 0.257. The van der Waals surface area contributed by atoms with Gasteiger partial charge in [0.25, 0.3) is 0 Å². The van der Waals surface area contributed by atoms with Crippen LogP contribution in [0.3, 0.4) is 0 Å². The van der Waals surface area contributed by atoms with E-state index in [1.54, 1.807) is 41.8 Å². The van der Waals surface area contributed by atoms with Crippen molar-refractivity contribution in [2.75, 3.05) is 16.4 Å². The highest BCUT2D eigenvalue weighted by Crippen LogP contribution is 2.27. The van der Waals surface area contributed by atoms with E-state index in [1.807, 2.05) is 36.4 Å². The molecule has 186 valence electrons. The van der Waals surface area contributed by atoms with E-state index in [9.17, 15) is 4.79 Å². The number of imidazole rings is 1. The number of carbonyl (C=O) groups is 1. The summed E-state index contributed by atoms with van der Waals surface area (Å²) >= 11 is 13.1. The number of benzene rings is 3. The molecule has 0 fully saturated rings. The van der Waals surface area contributed by atoms with Crippen LogP contribution in [0.25, 0.3) is 17.0 Å². The Kier molecular flexibility index (Phi) is 6.99. The second-order valence-corrected chi connectivity index (χ2v) is 9.52. The van der Waals surface area contributed by atoms with E-state index in [2.05, 4.69) is 35.3 Å². The Morgan fingerprint density at radius 2 is 1.62 bits per heavy atom. The quantitative estimate of drug-likeness (QED) is 0.189. The van der Waals surface area contributed by atoms with Gasteiger partial charge in [-0.2, -0.15) is 15.0 Å². The standard InChI is InChI=1S/C24H19Cl2N9OS/c1-13-28-21(27)33-22(29-13)35-20-5-3-2-4-19(20)32-23(35)30-16-6-8-17(9-7-16)31-24(36)34-37-18-11-14(25)10-15(26)12-18/h2-12H,1H3,(H,30,32)(H2,31,34,36)(H2,27,28,29,33). The van der Waals surface area contributed by atoms with Crippen LogP contribution in [-0.4, -0.2) is 30.5 Å². The van der Waals surface area contributed by atoms with Crippen molar-refractivity contribution in [3.63, 3.8) is 0 Å². The SMILES string of the molecule is Cc1nc(N)nc(-n2c(Nc3ccc(NC(=O)NSc4cc(Cl)cc(Cl)c4)cc3)nc3ccccc32)n1. The molecule has 37 heavy (non-hydrogen) atoms. The Morgan fingerprint density at radius 3 is 2.35 bits per heavy atom. The predicted octanol–water partition coefficient (Wildman–Crippen LogP) is 5.98. The lowest BCUT2D eigenvalue weighted by Crippen LogP contribution is -2.22. The number of rotatable bonds is 6. The molecule has 0 saturated carbocycles. The number of nitrogens with one attached hydrogen (secondary N) is 3. The fourth-order valence-corrected chi connectivity index (χ4v) is 4.80. The number of nitrogens with two attached hydrogens (primary N) is 1. The van der Waals surface area contributed by atoms with Gasteiger partial charge in [-0.15, -0.1) is 0 Å². The van der Waals surface area contributed by atoms with Crippen LogP contribution in [0.15, 0.2) is 71.6 Å². The molecule has 2 heterocycles. The molecule has 2 amide bonds. The summed E-state index contributed by atoms with van der Waals surface area (Å²) in [7, 11) is 0. The third kappa shape index (κ3) is 5.85. The number of nitrogens with zero attached hydrogens (tertiary/aromatic N) is 5. The number of carbonyl (C=O) groups excluding carboxylic acids is 1. The first-order valence-electron chi connectivity index (χ1n) is 10.9. The van der Waals surface area contributed by atoms with Crippen LogP contribution in [0.5, 0.6) is 0 Å². The summed E-state index contributed by atoms with van der Waals surface area (Å²) in [5, 5.41) is 7.05. The molecule has 0 aliphatic heterocycles. The fourth-order valence-electron chi connectivity index (χ4n) is 3.52. The van der Waals surface area contributed by atoms with E-state index in [0.29, 0.717) is 38.3 Å². The second-order valence-electron chi connectivity index (χ2n) is 7.77. The molecule has 2 aromatic heterocycles. The van der Waals surface area contributed by atoms with Crippen LogP contribution in [-0.2, 0) is 0 Å². The van der Waals surface area contributed by atoms with E-state index in [1.165, 1.54) is 0 Å². The highest BCUT2D eigenvalue weighted by atomic mass is 35.5. The van der Waals surface area contributed by atoms with Crippen LogP contribution in [0.4, 0.5) is 28.1 Å². The number of anilines is 4. The summed E-state index contributed by atoms with van der Waals surface area (Å²) in [6.45, 7) is 1.75. The number of aromatic nitrogens is 5. The largest absolute Gasteiger partial charge is 0.368 e. The highest BCUT2D eigenvalue weighted by Gasteiger charge is 2.16. The van der Waals surface area contributed by atoms with Crippen LogP contribution in [0.1, 0.15) is 5.82 Å². The summed E-state index contributed by atoms with van der Waals surface area (Å²) in [4.78, 5) is 30.5. The molecule has 0 radical (unpaired) electrons. The molecule has 5 aromatic rings. The van der Waals surface area contributed by atoms with Gasteiger partial charge < -0.3 is 16.4 Å². The first kappa shape index (κ1) is 24.6. The summed E-state index contributed by atoms with van der Waals surface area (Å²) < 4.78 is 4.47. The molecule has 5 rings (SSSR count). The zero-order chi connectivity index (χ0) is 25.9. The number of para-hydroxylation sites is 2. The van der Waals surface area contributed by atoms with Crippen molar-refractivity contribution in [2.24, 2.45) is 0 Å². The van der Waals surface area contributed by atoms with E-state index < -0.39 is 6.03 Å². The Labute approximate surface area is 225 Å². The second kappa shape index (κ2) is 10.5. The van der Waals surface area contributed by atoms with E-state index in [4.69, 9.17) is 28.9 Å². The molecule has 0 spiro atoms. The van der Waals surface area contributed by atoms with Gasteiger partial charge in [0.1, 0.15) is 5.82 Å². The molecule has 13 heteroatoms. The zero-order valence-corrected chi connectivity index (χ0v) is 21.6. The van der Waals surface area contributed by atoms with Gasteiger partial charge in [0, 0.05) is 26.3 Å². The topological polar surface area (TPSA) is 136 Å². The molecule has 10 nitrogen and oxygen atoms in total. The molecule has 3 aromatic carbocycles. The number of amides is 2. The molecular weight excluding hydrogens is 533 g/mol. The van der Waals surface area contributed by atoms with E-state index in [-0.39, 0.29) is 5.95 Å². The van der Waals surface area contributed by atoms with Gasteiger partial charge in [-0.25, -0.2) is 14.3 Å². The first-order valence-corrected chi connectivity index (χ1v) is 12.4. The van der Waals surface area contributed by atoms with Gasteiger partial charge in [0.15, 0.2) is 0 Å². The average Bonchev–Trinajstić information content (AvgIpc) is 3.20. The van der Waals surface area contributed by atoms with Gasteiger partial charge >= 0.3 is 6.03 Å². The molecule has 0 atom stereocenters. The summed E-state index contributed by atoms with van der Waals surface area (Å²) in [5.74, 6) is 1.48. The van der Waals surface area contributed by atoms with Gasteiger partial charge in [0.2, 0.25) is 17.8 Å². The van der Waals surface area contributed by atoms with Crippen molar-refractivity contribution < 1.29 is 4.79 Å². The lowest BCUT2D eigenvalue weighted by Gasteiger charge is -2.11. The Balaban J connectivity index is 1.31. The summed E-state index contributed by atoms with van der Waals surface area (Å²) in [5.41, 5.74) is 8.77. The maximum absolute atomic E-state index is 12.3. The predicted molar refractivity (Wildman–Crippen MR) is 148 cm³/mol. The van der Waals surface area contributed by atoms with Crippen LogP contribution >= 0.6 is 35.1 Å². The van der Waals surface area contributed by atoms with Crippen molar-refractivity contribution >= 4 is 75.5 Å². The third-order valence-corrected chi connectivity index (χ3v) is 6.21. The van der Waals surface area contributed by atoms with Crippen LogP contribution in [0, 0.1) is 6.92 Å². The van der Waals surface area contributed by atoms with Crippen molar-refractivity contribution in [3.8, 4) is 5.95 Å². The van der Waals surface area contributed by atoms with E-state index in [0.717, 1.165) is 28.7 Å². The average molecular weight is 552 g/mol. The monoisotopic (exact) mass is 551 g/mol. The van der Waals surface area contributed by atoms with Gasteiger partial charge in [-0.05, 0) is 73.5 Å². The molecule has 5 N–H and O–H groups in total. The smallest absolute Gasteiger partial charge is 0.329 e. The molecule has 0 aliphatic rings. The number of urea groups is 1. The highest BCUT2D eigenvalue weighted by molar-refractivity contribution is 7.98. The first-order chi connectivity index (χ1) is 17.8. The van der Waals surface area contributed by atoms with Crippen LogP contribution < -0.4 is 21.1 Å². The van der Waals surface area contributed by atoms with Crippen molar-refractivity contribution in [3.05, 3.63) is 82.6 Å². The summed E-state index contributed by atoms with van der Waals surface area (Å²) in [6.07, 6.45) is 0. The maximum atomic E-state index is 12.3. The molecule has 0 bridgehead atoms. The van der Waals surface area contributed by atoms with Crippen molar-refractivity contribution in [1.29, 1.82) is 0 Å². The maximum Gasteiger partial charge on any atom is 0.329 e. The molecule has 0 aliphatic carbocycles. The fraction of sp³-hybridized carbons (Fsp3) is 0.0417. The summed E-state index contributed by atoms with van der Waals surface area (Å²) in [6, 6.07) is 19.4. The zero-order valence-electron chi connectivity index (χ0n) is 19.2. The number of aryl methyl sites for hydroxylation is 1. The minimum absolute atomic E-state index is 0.122. The Hall–Kier alpha value is -4.06. The molecule has 0 unspecified atom stereocenters. The minimum Gasteiger partial charge on any atom is -0.368 e. The van der Waals surface area contributed by atoms with Gasteiger partial charge in [0.05, 0.1) is 11.0 Å². The van der Waals surface area contributed by atoms with Crippen molar-refractivity contribution in [1.82, 2.24) is 29.2 Å².